The number of aromatic nitrogens is 3. The monoisotopic (exact) mass is 500 g/mol. The van der Waals surface area contributed by atoms with Crippen molar-refractivity contribution in [1.29, 1.82) is 5.41 Å². The van der Waals surface area contributed by atoms with Crippen LogP contribution in [-0.2, 0) is 6.54 Å². The lowest BCUT2D eigenvalue weighted by molar-refractivity contribution is 0.612. The van der Waals surface area contributed by atoms with Crippen LogP contribution in [0.5, 0.6) is 0 Å². The number of halogens is 3. The zero-order valence-electron chi connectivity index (χ0n) is 19.2. The van der Waals surface area contributed by atoms with Gasteiger partial charge in [-0.2, -0.15) is 0 Å². The van der Waals surface area contributed by atoms with E-state index < -0.39 is 23.0 Å². The van der Waals surface area contributed by atoms with E-state index in [0.717, 1.165) is 4.57 Å². The second-order valence-electron chi connectivity index (χ2n) is 8.15. The van der Waals surface area contributed by atoms with Gasteiger partial charge in [0.2, 0.25) is 0 Å². The topological polar surface area (TPSA) is 110 Å². The van der Waals surface area contributed by atoms with Crippen molar-refractivity contribution in [3.63, 3.8) is 0 Å². The molecule has 7 nitrogen and oxygen atoms in total. The number of nitrogens with one attached hydrogen (secondary N) is 2. The van der Waals surface area contributed by atoms with Crippen LogP contribution in [0.3, 0.4) is 0 Å². The minimum atomic E-state index is -0.729. The highest BCUT2D eigenvalue weighted by atomic mass is 19.1. The molecule has 0 amide bonds. The quantitative estimate of drug-likeness (QED) is 0.290. The van der Waals surface area contributed by atoms with Crippen LogP contribution in [0.15, 0.2) is 83.9 Å². The van der Waals surface area contributed by atoms with E-state index in [9.17, 15) is 18.0 Å². The first-order valence-electron chi connectivity index (χ1n) is 11.1. The van der Waals surface area contributed by atoms with Crippen molar-refractivity contribution in [2.24, 2.45) is 0 Å². The van der Waals surface area contributed by atoms with Gasteiger partial charge in [0.05, 0.1) is 28.9 Å². The van der Waals surface area contributed by atoms with Crippen LogP contribution in [0, 0.1) is 22.9 Å². The van der Waals surface area contributed by atoms with Gasteiger partial charge in [-0.1, -0.05) is 36.4 Å². The van der Waals surface area contributed by atoms with E-state index in [0.29, 0.717) is 11.1 Å². The third-order valence-electron chi connectivity index (χ3n) is 5.84. The second-order valence-corrected chi connectivity index (χ2v) is 8.15. The lowest BCUT2D eigenvalue weighted by atomic mass is 10.0. The molecule has 0 spiro atoms. The largest absolute Gasteiger partial charge is 0.383 e. The molecule has 0 bridgehead atoms. The number of anilines is 2. The summed E-state index contributed by atoms with van der Waals surface area (Å²) >= 11 is 0. The summed E-state index contributed by atoms with van der Waals surface area (Å²) in [6.45, 7) is -0.0735. The summed E-state index contributed by atoms with van der Waals surface area (Å²) in [7, 11) is 0. The summed E-state index contributed by atoms with van der Waals surface area (Å²) < 4.78 is 44.2. The van der Waals surface area contributed by atoms with Gasteiger partial charge in [0.1, 0.15) is 35.4 Å². The maximum Gasteiger partial charge on any atom is 0.266 e. The van der Waals surface area contributed by atoms with Gasteiger partial charge in [-0.15, -0.1) is 0 Å². The Balaban J connectivity index is 1.62. The lowest BCUT2D eigenvalue weighted by Crippen LogP contribution is -2.25. The van der Waals surface area contributed by atoms with Gasteiger partial charge < -0.3 is 11.1 Å². The van der Waals surface area contributed by atoms with Crippen LogP contribution in [0.25, 0.3) is 16.5 Å². The molecule has 2 heterocycles. The summed E-state index contributed by atoms with van der Waals surface area (Å²) in [6.07, 6.45) is 1.19. The third kappa shape index (κ3) is 4.40. The Bertz CT molecular complexity index is 1730. The van der Waals surface area contributed by atoms with Gasteiger partial charge in [-0.3, -0.25) is 14.8 Å². The Morgan fingerprint density at radius 1 is 0.946 bits per heavy atom. The molecule has 2 aromatic heterocycles. The number of nitrogens with zero attached hydrogens (tertiary/aromatic N) is 3. The van der Waals surface area contributed by atoms with E-state index >= 15 is 0 Å². The molecule has 37 heavy (non-hydrogen) atoms. The van der Waals surface area contributed by atoms with E-state index in [1.165, 1.54) is 54.9 Å². The van der Waals surface area contributed by atoms with Crippen molar-refractivity contribution in [2.75, 3.05) is 11.1 Å². The molecule has 3 aromatic carbocycles. The number of benzene rings is 3. The predicted octanol–water partition coefficient (Wildman–Crippen LogP) is 4.81. The number of rotatable bonds is 6. The highest BCUT2D eigenvalue weighted by Gasteiger charge is 2.19. The molecule has 0 unspecified atom stereocenters. The highest BCUT2D eigenvalue weighted by Crippen LogP contribution is 2.24. The predicted molar refractivity (Wildman–Crippen MR) is 136 cm³/mol. The van der Waals surface area contributed by atoms with E-state index in [1.54, 1.807) is 24.3 Å². The number of fused-ring (bicyclic) bond motifs is 1. The van der Waals surface area contributed by atoms with Gasteiger partial charge in [0, 0.05) is 11.3 Å². The van der Waals surface area contributed by atoms with Crippen LogP contribution < -0.4 is 16.6 Å². The molecule has 184 valence electrons. The fourth-order valence-corrected chi connectivity index (χ4v) is 4.14. The van der Waals surface area contributed by atoms with E-state index in [4.69, 9.17) is 11.1 Å². The molecular weight excluding hydrogens is 481 g/mol. The normalized spacial score (nSPS) is 11.0. The summed E-state index contributed by atoms with van der Waals surface area (Å²) in [5.41, 5.74) is 5.83. The molecule has 10 heteroatoms. The summed E-state index contributed by atoms with van der Waals surface area (Å²) in [5.74, 6) is -1.78. The molecule has 0 saturated heterocycles. The molecule has 0 aliphatic carbocycles. The van der Waals surface area contributed by atoms with Crippen molar-refractivity contribution in [3.8, 4) is 5.69 Å². The molecular formula is C27H19F3N6O. The molecule has 5 rings (SSSR count). The van der Waals surface area contributed by atoms with Gasteiger partial charge >= 0.3 is 0 Å². The summed E-state index contributed by atoms with van der Waals surface area (Å²) in [5, 5.41) is 11.8. The van der Waals surface area contributed by atoms with E-state index in [1.807, 2.05) is 0 Å². The number of hydrogen-bond donors (Lipinski definition) is 3. The molecule has 0 fully saturated rings. The first-order valence-corrected chi connectivity index (χ1v) is 11.1. The Morgan fingerprint density at radius 2 is 1.70 bits per heavy atom. The minimum Gasteiger partial charge on any atom is -0.383 e. The van der Waals surface area contributed by atoms with Crippen molar-refractivity contribution in [2.45, 2.75) is 6.54 Å². The minimum absolute atomic E-state index is 0.0150. The second kappa shape index (κ2) is 9.57. The molecule has 0 saturated carbocycles. The Labute approximate surface area is 208 Å². The average molecular weight is 500 g/mol. The molecule has 4 N–H and O–H groups in total. The van der Waals surface area contributed by atoms with Gasteiger partial charge in [-0.05, 0) is 41.8 Å². The molecule has 0 aliphatic heterocycles. The van der Waals surface area contributed by atoms with E-state index in [-0.39, 0.29) is 46.1 Å². The molecule has 5 aromatic rings. The average Bonchev–Trinajstić information content (AvgIpc) is 2.88. The highest BCUT2D eigenvalue weighted by molar-refractivity contribution is 6.16. The zero-order valence-corrected chi connectivity index (χ0v) is 19.2. The smallest absolute Gasteiger partial charge is 0.266 e. The standard InChI is InChI=1S/C27H19F3N6O/c28-17-7-3-6-16(11-17)24(31)23-25(32)34-14-35-26(23)33-13-18-12-15-5-4-9-20(30)22(15)27(37)36(18)21-10-2-1-8-19(21)29/h1-12,14,31H,13H2,(H3,32,33,34,35). The number of nitrogen functional groups attached to an aromatic ring is 1. The SMILES string of the molecule is N=C(c1cccc(F)c1)c1c(N)ncnc1NCc1cc2cccc(F)c2c(=O)n1-c1ccccc1F. The summed E-state index contributed by atoms with van der Waals surface area (Å²) in [6, 6.07) is 16.9. The number of hydrogen-bond acceptors (Lipinski definition) is 6. The van der Waals surface area contributed by atoms with Crippen molar-refractivity contribution in [1.82, 2.24) is 14.5 Å². The fourth-order valence-electron chi connectivity index (χ4n) is 4.14. The fraction of sp³-hybridized carbons (Fsp3) is 0.0370. The number of para-hydroxylation sites is 1. The summed E-state index contributed by atoms with van der Waals surface area (Å²) in [4.78, 5) is 21.5. The van der Waals surface area contributed by atoms with Gasteiger partial charge in [0.15, 0.2) is 0 Å². The van der Waals surface area contributed by atoms with Crippen LogP contribution in [0.1, 0.15) is 16.8 Å². The van der Waals surface area contributed by atoms with Crippen LogP contribution in [-0.4, -0.2) is 20.2 Å². The Morgan fingerprint density at radius 3 is 2.49 bits per heavy atom. The first-order chi connectivity index (χ1) is 17.8. The Kier molecular flexibility index (Phi) is 6.14. The van der Waals surface area contributed by atoms with Crippen molar-refractivity contribution in [3.05, 3.63) is 124 Å². The Hall–Kier alpha value is -4.99. The molecule has 0 atom stereocenters. The lowest BCUT2D eigenvalue weighted by Gasteiger charge is -2.18. The maximum atomic E-state index is 14.8. The number of nitrogens with two attached hydrogens (primary N) is 1. The van der Waals surface area contributed by atoms with Gasteiger partial charge in [-0.25, -0.2) is 23.1 Å². The van der Waals surface area contributed by atoms with Crippen molar-refractivity contribution >= 4 is 28.1 Å². The van der Waals surface area contributed by atoms with Gasteiger partial charge in [0.25, 0.3) is 5.56 Å². The van der Waals surface area contributed by atoms with Crippen molar-refractivity contribution < 1.29 is 13.2 Å². The third-order valence-corrected chi connectivity index (χ3v) is 5.84. The first kappa shape index (κ1) is 23.7. The van der Waals surface area contributed by atoms with Crippen LogP contribution in [0.2, 0.25) is 0 Å². The molecule has 0 radical (unpaired) electrons. The zero-order chi connectivity index (χ0) is 26.1. The van der Waals surface area contributed by atoms with Crippen LogP contribution >= 0.6 is 0 Å². The number of pyridine rings is 1. The van der Waals surface area contributed by atoms with Crippen LogP contribution in [0.4, 0.5) is 24.8 Å². The molecule has 0 aliphatic rings. The van der Waals surface area contributed by atoms with E-state index in [2.05, 4.69) is 15.3 Å². The maximum absolute atomic E-state index is 14.8.